The van der Waals surface area contributed by atoms with Crippen LogP contribution in [0.4, 0.5) is 19.2 Å². The summed E-state index contributed by atoms with van der Waals surface area (Å²) in [5, 5.41) is 13.0. The number of amides is 7. The SMILES string of the molecule is CC(C)(C)OC(=O)N[C@@H](CCCCN)C(=O)N(C(=O)OC(C)(C)C)[C@@H](CCCCN)C(=O)N(C(=O)OC(C)(C)C)[C@@H](CCCCN)C(=O)N(C(=O)OC(C)(C)C)[C@@H](CCCCN)C(=O)O. The first-order valence-corrected chi connectivity index (χ1v) is 22.6. The van der Waals surface area contributed by atoms with Crippen LogP contribution >= 0.6 is 0 Å². The number of nitrogens with two attached hydrogens (primary N) is 4. The van der Waals surface area contributed by atoms with Gasteiger partial charge in [0.2, 0.25) is 0 Å². The van der Waals surface area contributed by atoms with Crippen molar-refractivity contribution in [3.8, 4) is 0 Å². The first kappa shape index (κ1) is 60.4. The van der Waals surface area contributed by atoms with E-state index < -0.39 is 94.6 Å². The normalized spacial score (nSPS) is 13.9. The number of rotatable bonds is 24. The summed E-state index contributed by atoms with van der Waals surface area (Å²) in [7, 11) is 0. The second-order valence-electron chi connectivity index (χ2n) is 19.8. The minimum atomic E-state index is -2.00. The molecule has 0 bridgehead atoms. The highest BCUT2D eigenvalue weighted by Crippen LogP contribution is 2.27. The van der Waals surface area contributed by atoms with Gasteiger partial charge in [-0.2, -0.15) is 0 Å². The Hall–Kier alpha value is -4.60. The number of alkyl carbamates (subject to hydrolysis) is 1. The van der Waals surface area contributed by atoms with Gasteiger partial charge in [0, 0.05) is 0 Å². The van der Waals surface area contributed by atoms with Gasteiger partial charge in [-0.3, -0.25) is 14.4 Å². The largest absolute Gasteiger partial charge is 0.480 e. The summed E-state index contributed by atoms with van der Waals surface area (Å²) < 4.78 is 22.5. The fourth-order valence-electron chi connectivity index (χ4n) is 6.27. The molecule has 0 aliphatic heterocycles. The molecule has 0 rings (SSSR count). The van der Waals surface area contributed by atoms with Gasteiger partial charge in [0.05, 0.1) is 0 Å². The first-order valence-electron chi connectivity index (χ1n) is 22.6. The van der Waals surface area contributed by atoms with Crippen molar-refractivity contribution < 1.29 is 62.4 Å². The zero-order valence-corrected chi connectivity index (χ0v) is 41.1. The lowest BCUT2D eigenvalue weighted by Gasteiger charge is -2.39. The molecule has 4 atom stereocenters. The second kappa shape index (κ2) is 27.8. The third kappa shape index (κ3) is 23.4. The number of nitrogens with one attached hydrogen (secondary N) is 1. The summed E-state index contributed by atoms with van der Waals surface area (Å²) in [4.78, 5) is 116. The Morgan fingerprint density at radius 2 is 0.708 bits per heavy atom. The highest BCUT2D eigenvalue weighted by atomic mass is 16.6. The molecular formula is C44H82N8O13. The van der Waals surface area contributed by atoms with Crippen molar-refractivity contribution in [2.45, 2.75) is 207 Å². The molecule has 0 fully saturated rings. The van der Waals surface area contributed by atoms with Crippen LogP contribution < -0.4 is 28.3 Å². The molecule has 0 heterocycles. The number of carbonyl (C=O) groups is 8. The molecule has 0 aromatic heterocycles. The van der Waals surface area contributed by atoms with Gasteiger partial charge in [-0.15, -0.1) is 0 Å². The lowest BCUT2D eigenvalue weighted by Crippen LogP contribution is -2.64. The molecule has 0 saturated carbocycles. The number of hydrogen-bond donors (Lipinski definition) is 6. The molecule has 0 aliphatic carbocycles. The maximum Gasteiger partial charge on any atom is 0.417 e. The summed E-state index contributed by atoms with van der Waals surface area (Å²) in [6.45, 7) is 19.0. The first-order chi connectivity index (χ1) is 29.9. The van der Waals surface area contributed by atoms with Gasteiger partial charge >= 0.3 is 30.3 Å². The highest BCUT2D eigenvalue weighted by molar-refractivity contribution is 6.07. The summed E-state index contributed by atoms with van der Waals surface area (Å²) in [6, 6.07) is -7.32. The van der Waals surface area contributed by atoms with Gasteiger partial charge in [-0.1, -0.05) is 0 Å². The van der Waals surface area contributed by atoms with Crippen LogP contribution in [0.3, 0.4) is 0 Å². The number of hydrogen-bond acceptors (Lipinski definition) is 16. The number of carboxylic acids is 1. The molecule has 7 amide bonds. The van der Waals surface area contributed by atoms with Crippen molar-refractivity contribution in [3.05, 3.63) is 0 Å². The monoisotopic (exact) mass is 931 g/mol. The average molecular weight is 931 g/mol. The zero-order chi connectivity index (χ0) is 50.5. The van der Waals surface area contributed by atoms with Crippen LogP contribution in [0.25, 0.3) is 0 Å². The molecule has 0 aliphatic rings. The minimum Gasteiger partial charge on any atom is -0.480 e. The van der Waals surface area contributed by atoms with E-state index in [9.17, 15) is 33.9 Å². The van der Waals surface area contributed by atoms with Crippen molar-refractivity contribution >= 4 is 48.1 Å². The van der Waals surface area contributed by atoms with E-state index in [4.69, 9.17) is 41.9 Å². The van der Waals surface area contributed by atoms with Crippen molar-refractivity contribution in [2.75, 3.05) is 26.2 Å². The topological polar surface area (TPSA) is 320 Å². The highest BCUT2D eigenvalue weighted by Gasteiger charge is 2.50. The predicted molar refractivity (Wildman–Crippen MR) is 243 cm³/mol. The Morgan fingerprint density at radius 3 is 1.00 bits per heavy atom. The van der Waals surface area contributed by atoms with Crippen LogP contribution in [-0.2, 0) is 38.1 Å². The Bertz CT molecular complexity index is 1570. The summed E-state index contributed by atoms with van der Waals surface area (Å²) in [6.07, 6.45) is -4.41. The third-order valence-corrected chi connectivity index (χ3v) is 9.00. The number of ether oxygens (including phenoxy) is 4. The van der Waals surface area contributed by atoms with Gasteiger partial charge in [0.1, 0.15) is 46.6 Å². The number of carboxylic acid groups (broad SMARTS) is 1. The molecule has 21 nitrogen and oxygen atoms in total. The van der Waals surface area contributed by atoms with E-state index in [2.05, 4.69) is 5.32 Å². The molecule has 0 saturated heterocycles. The molecule has 10 N–H and O–H groups in total. The van der Waals surface area contributed by atoms with E-state index in [0.717, 1.165) is 0 Å². The maximum absolute atomic E-state index is 15.6. The average Bonchev–Trinajstić information content (AvgIpc) is 3.13. The molecular weight excluding hydrogens is 849 g/mol. The number of imide groups is 3. The number of nitrogens with zero attached hydrogens (tertiary/aromatic N) is 3. The third-order valence-electron chi connectivity index (χ3n) is 9.00. The number of unbranched alkanes of at least 4 members (excludes halogenated alkanes) is 4. The second-order valence-corrected chi connectivity index (χ2v) is 19.8. The van der Waals surface area contributed by atoms with Crippen LogP contribution in [0.1, 0.15) is 160 Å². The number of aliphatic carboxylic acids is 1. The van der Waals surface area contributed by atoms with Crippen molar-refractivity contribution in [1.29, 1.82) is 0 Å². The van der Waals surface area contributed by atoms with Gasteiger partial charge in [0.25, 0.3) is 17.7 Å². The van der Waals surface area contributed by atoms with Crippen LogP contribution in [0, 0.1) is 0 Å². The molecule has 65 heavy (non-hydrogen) atoms. The summed E-state index contributed by atoms with van der Waals surface area (Å²) in [5.41, 5.74) is 18.3. The van der Waals surface area contributed by atoms with Crippen LogP contribution in [-0.4, -0.2) is 141 Å². The Labute approximate surface area is 385 Å². The van der Waals surface area contributed by atoms with E-state index in [1.54, 1.807) is 20.8 Å². The van der Waals surface area contributed by atoms with Crippen LogP contribution in [0.5, 0.6) is 0 Å². The Kier molecular flexibility index (Phi) is 25.8. The minimum absolute atomic E-state index is 0.0577. The van der Waals surface area contributed by atoms with E-state index in [1.165, 1.54) is 62.3 Å². The van der Waals surface area contributed by atoms with Crippen molar-refractivity contribution in [2.24, 2.45) is 22.9 Å². The van der Waals surface area contributed by atoms with Gasteiger partial charge in [-0.25, -0.2) is 38.7 Å². The maximum atomic E-state index is 15.6. The van der Waals surface area contributed by atoms with E-state index in [-0.39, 0.29) is 90.4 Å². The lowest BCUT2D eigenvalue weighted by atomic mass is 9.99. The Morgan fingerprint density at radius 1 is 0.431 bits per heavy atom. The molecule has 0 unspecified atom stereocenters. The standard InChI is InChI=1S/C44H82N8O13/c1-41(2,3)62-37(58)49-29(21-13-17-25-45)33(53)50(38(59)63-42(4,5)6)30(22-14-18-26-46)34(54)51(39(60)64-43(7,8)9)31(23-15-19-27-47)35(55)52(40(61)65-44(10,11)12)32(36(56)57)24-16-20-28-48/h29-32H,13-28,45-48H2,1-12H3,(H,49,58)(H,56,57)/t29-,30-,31-,32-/m0/s1. The van der Waals surface area contributed by atoms with E-state index >= 15 is 9.59 Å². The lowest BCUT2D eigenvalue weighted by molar-refractivity contribution is -0.156. The molecule has 0 radical (unpaired) electrons. The van der Waals surface area contributed by atoms with Gasteiger partial charge in [-0.05, 0) is 186 Å². The number of carbonyl (C=O) groups excluding carboxylic acids is 7. The zero-order valence-electron chi connectivity index (χ0n) is 41.1. The van der Waals surface area contributed by atoms with Gasteiger partial charge < -0.3 is 52.3 Å². The molecule has 0 aromatic rings. The van der Waals surface area contributed by atoms with E-state index in [1.807, 2.05) is 0 Å². The molecule has 376 valence electrons. The Balaban J connectivity index is 8.53. The van der Waals surface area contributed by atoms with Crippen molar-refractivity contribution in [1.82, 2.24) is 20.0 Å². The van der Waals surface area contributed by atoms with Crippen LogP contribution in [0.2, 0.25) is 0 Å². The summed E-state index contributed by atoms with van der Waals surface area (Å²) >= 11 is 0. The molecule has 21 heteroatoms. The van der Waals surface area contributed by atoms with Crippen LogP contribution in [0.15, 0.2) is 0 Å². The molecule has 0 aromatic carbocycles. The fourth-order valence-corrected chi connectivity index (χ4v) is 6.27. The predicted octanol–water partition coefficient (Wildman–Crippen LogP) is 4.88. The molecule has 0 spiro atoms. The summed E-state index contributed by atoms with van der Waals surface area (Å²) in [5.74, 6) is -5.35. The smallest absolute Gasteiger partial charge is 0.417 e. The fraction of sp³-hybridized carbons (Fsp3) is 0.818. The quantitative estimate of drug-likeness (QED) is 0.0555. The van der Waals surface area contributed by atoms with Gasteiger partial charge in [0.15, 0.2) is 0 Å². The van der Waals surface area contributed by atoms with Crippen molar-refractivity contribution in [3.63, 3.8) is 0 Å². The van der Waals surface area contributed by atoms with E-state index in [0.29, 0.717) is 27.5 Å².